The Labute approximate surface area is 155 Å². The largest absolute Gasteiger partial charge is 0.393 e. The number of nitrogens with zero attached hydrogens (tertiary/aromatic N) is 1. The topological polar surface area (TPSA) is 86.7 Å². The molecular weight excluding hydrogens is 352 g/mol. The molecule has 1 aliphatic carbocycles. The van der Waals surface area contributed by atoms with E-state index in [2.05, 4.69) is 5.32 Å². The Bertz CT molecular complexity index is 749. The number of rotatable bonds is 4. The predicted molar refractivity (Wildman–Crippen MR) is 99.5 cm³/mol. The van der Waals surface area contributed by atoms with Crippen molar-refractivity contribution in [2.45, 2.75) is 68.9 Å². The smallest absolute Gasteiger partial charge is 0.251 e. The quantitative estimate of drug-likeness (QED) is 0.838. The van der Waals surface area contributed by atoms with E-state index < -0.39 is 10.0 Å². The molecule has 0 unspecified atom stereocenters. The highest BCUT2D eigenvalue weighted by Gasteiger charge is 2.28. The van der Waals surface area contributed by atoms with Gasteiger partial charge in [-0.15, -0.1) is 0 Å². The average Bonchev–Trinajstić information content (AvgIpc) is 2.64. The standard InChI is InChI=1S/C19H28N2O4S/c1-14-5-10-17(26(24,25)21-11-3-2-4-12-21)13-18(14)19(23)20-15-6-8-16(22)9-7-15/h5,10,13,15-16,22H,2-4,6-9,11-12H2,1H3,(H,20,23). The van der Waals surface area contributed by atoms with Crippen molar-refractivity contribution in [3.63, 3.8) is 0 Å². The molecule has 1 aromatic carbocycles. The number of piperidine rings is 1. The van der Waals surface area contributed by atoms with E-state index in [1.807, 2.05) is 6.92 Å². The maximum Gasteiger partial charge on any atom is 0.251 e. The third-order valence-corrected chi connectivity index (χ3v) is 7.33. The Morgan fingerprint density at radius 2 is 1.77 bits per heavy atom. The number of amides is 1. The predicted octanol–water partition coefficient (Wildman–Crippen LogP) is 2.20. The number of carbonyl (C=O) groups excluding carboxylic acids is 1. The van der Waals surface area contributed by atoms with E-state index in [-0.39, 0.29) is 22.9 Å². The fourth-order valence-corrected chi connectivity index (χ4v) is 5.29. The highest BCUT2D eigenvalue weighted by molar-refractivity contribution is 7.89. The molecular formula is C19H28N2O4S. The number of nitrogens with one attached hydrogen (secondary N) is 1. The Balaban J connectivity index is 1.77. The third-order valence-electron chi connectivity index (χ3n) is 5.44. The lowest BCUT2D eigenvalue weighted by Crippen LogP contribution is -2.39. The summed E-state index contributed by atoms with van der Waals surface area (Å²) >= 11 is 0. The van der Waals surface area contributed by atoms with Crippen molar-refractivity contribution in [3.05, 3.63) is 29.3 Å². The van der Waals surface area contributed by atoms with Crippen LogP contribution in [0.4, 0.5) is 0 Å². The molecule has 0 radical (unpaired) electrons. The van der Waals surface area contributed by atoms with E-state index in [0.29, 0.717) is 31.5 Å². The van der Waals surface area contributed by atoms with Gasteiger partial charge in [0.15, 0.2) is 0 Å². The molecule has 1 aliphatic heterocycles. The fourth-order valence-electron chi connectivity index (χ4n) is 3.74. The molecule has 0 spiro atoms. The lowest BCUT2D eigenvalue weighted by atomic mass is 9.93. The van der Waals surface area contributed by atoms with Gasteiger partial charge in [0.1, 0.15) is 0 Å². The van der Waals surface area contributed by atoms with Crippen molar-refractivity contribution in [1.82, 2.24) is 9.62 Å². The minimum absolute atomic E-state index is 0.0349. The fraction of sp³-hybridized carbons (Fsp3) is 0.632. The summed E-state index contributed by atoms with van der Waals surface area (Å²) in [6.45, 7) is 2.90. The van der Waals surface area contributed by atoms with Gasteiger partial charge in [0.2, 0.25) is 10.0 Å². The molecule has 1 saturated heterocycles. The second kappa shape index (κ2) is 8.06. The minimum atomic E-state index is -3.55. The highest BCUT2D eigenvalue weighted by atomic mass is 32.2. The number of benzene rings is 1. The van der Waals surface area contributed by atoms with Crippen LogP contribution >= 0.6 is 0 Å². The number of aliphatic hydroxyl groups excluding tert-OH is 1. The molecule has 0 atom stereocenters. The van der Waals surface area contributed by atoms with Crippen LogP contribution in [0.25, 0.3) is 0 Å². The van der Waals surface area contributed by atoms with E-state index in [4.69, 9.17) is 0 Å². The third kappa shape index (κ3) is 4.27. The number of aliphatic hydroxyl groups is 1. The zero-order valence-corrected chi connectivity index (χ0v) is 16.1. The van der Waals surface area contributed by atoms with Crippen LogP contribution in [0.15, 0.2) is 23.1 Å². The van der Waals surface area contributed by atoms with Gasteiger partial charge < -0.3 is 10.4 Å². The first-order valence-electron chi connectivity index (χ1n) is 9.47. The van der Waals surface area contributed by atoms with Crippen molar-refractivity contribution in [3.8, 4) is 0 Å². The average molecular weight is 381 g/mol. The van der Waals surface area contributed by atoms with Crippen molar-refractivity contribution < 1.29 is 18.3 Å². The van der Waals surface area contributed by atoms with Crippen LogP contribution in [0, 0.1) is 6.92 Å². The number of hydrogen-bond donors (Lipinski definition) is 2. The summed E-state index contributed by atoms with van der Waals surface area (Å²) in [5, 5.41) is 12.6. The molecule has 2 fully saturated rings. The maximum atomic E-state index is 12.9. The van der Waals surface area contributed by atoms with Gasteiger partial charge in [0, 0.05) is 24.7 Å². The van der Waals surface area contributed by atoms with Crippen molar-refractivity contribution in [1.29, 1.82) is 0 Å². The van der Waals surface area contributed by atoms with Crippen LogP contribution in [0.3, 0.4) is 0 Å². The summed E-state index contributed by atoms with van der Waals surface area (Å²) in [4.78, 5) is 12.9. The van der Waals surface area contributed by atoms with Crippen LogP contribution in [0.5, 0.6) is 0 Å². The molecule has 1 saturated carbocycles. The van der Waals surface area contributed by atoms with Gasteiger partial charge in [-0.1, -0.05) is 12.5 Å². The van der Waals surface area contributed by atoms with E-state index in [1.54, 1.807) is 12.1 Å². The molecule has 1 amide bonds. The second-order valence-corrected chi connectivity index (χ2v) is 9.36. The van der Waals surface area contributed by atoms with Gasteiger partial charge in [-0.25, -0.2) is 8.42 Å². The zero-order valence-electron chi connectivity index (χ0n) is 15.3. The van der Waals surface area contributed by atoms with Gasteiger partial charge in [0.25, 0.3) is 5.91 Å². The molecule has 0 aromatic heterocycles. The van der Waals surface area contributed by atoms with E-state index in [1.165, 1.54) is 10.4 Å². The molecule has 2 aliphatic rings. The van der Waals surface area contributed by atoms with Crippen LogP contribution in [0.1, 0.15) is 60.9 Å². The monoisotopic (exact) mass is 380 g/mol. The summed E-state index contributed by atoms with van der Waals surface area (Å²) < 4.78 is 27.3. The summed E-state index contributed by atoms with van der Waals surface area (Å²) in [6, 6.07) is 4.84. The summed E-state index contributed by atoms with van der Waals surface area (Å²) in [5.41, 5.74) is 1.17. The van der Waals surface area contributed by atoms with Crippen molar-refractivity contribution in [2.24, 2.45) is 0 Å². The van der Waals surface area contributed by atoms with Gasteiger partial charge >= 0.3 is 0 Å². The van der Waals surface area contributed by atoms with E-state index in [0.717, 1.165) is 37.7 Å². The summed E-state index contributed by atoms with van der Waals surface area (Å²) in [6.07, 6.45) is 5.42. The SMILES string of the molecule is Cc1ccc(S(=O)(=O)N2CCCCC2)cc1C(=O)NC1CCC(O)CC1. The maximum absolute atomic E-state index is 12.9. The Kier molecular flexibility index (Phi) is 5.99. The Morgan fingerprint density at radius 1 is 1.12 bits per heavy atom. The molecule has 144 valence electrons. The molecule has 6 nitrogen and oxygen atoms in total. The lowest BCUT2D eigenvalue weighted by molar-refractivity contribution is 0.0867. The molecule has 3 rings (SSSR count). The van der Waals surface area contributed by atoms with Crippen LogP contribution < -0.4 is 5.32 Å². The normalized spacial score (nSPS) is 25.0. The van der Waals surface area contributed by atoms with E-state index >= 15 is 0 Å². The van der Waals surface area contributed by atoms with Gasteiger partial charge in [-0.3, -0.25) is 4.79 Å². The summed E-state index contributed by atoms with van der Waals surface area (Å²) in [5.74, 6) is -0.236. The van der Waals surface area contributed by atoms with Crippen molar-refractivity contribution in [2.75, 3.05) is 13.1 Å². The number of hydrogen-bond acceptors (Lipinski definition) is 4. The van der Waals surface area contributed by atoms with Gasteiger partial charge in [0.05, 0.1) is 11.0 Å². The first-order valence-corrected chi connectivity index (χ1v) is 10.9. The van der Waals surface area contributed by atoms with Crippen molar-refractivity contribution >= 4 is 15.9 Å². The summed E-state index contributed by atoms with van der Waals surface area (Å²) in [7, 11) is -3.55. The molecule has 2 N–H and O–H groups in total. The first kappa shape index (κ1) is 19.3. The van der Waals surface area contributed by atoms with Gasteiger partial charge in [-0.2, -0.15) is 4.31 Å². The second-order valence-electron chi connectivity index (χ2n) is 7.42. The van der Waals surface area contributed by atoms with Crippen LogP contribution in [-0.4, -0.2) is 49.0 Å². The molecule has 0 bridgehead atoms. The number of aryl methyl sites for hydroxylation is 1. The minimum Gasteiger partial charge on any atom is -0.393 e. The highest BCUT2D eigenvalue weighted by Crippen LogP contribution is 2.24. The Morgan fingerprint density at radius 3 is 2.42 bits per heavy atom. The Hall–Kier alpha value is -1.44. The van der Waals surface area contributed by atoms with E-state index in [9.17, 15) is 18.3 Å². The van der Waals surface area contributed by atoms with Crippen LogP contribution in [-0.2, 0) is 10.0 Å². The molecule has 26 heavy (non-hydrogen) atoms. The number of sulfonamides is 1. The lowest BCUT2D eigenvalue weighted by Gasteiger charge is -2.27. The first-order chi connectivity index (χ1) is 12.4. The van der Waals surface area contributed by atoms with Crippen LogP contribution in [0.2, 0.25) is 0 Å². The molecule has 7 heteroatoms. The number of carbonyl (C=O) groups is 1. The molecule has 1 heterocycles. The van der Waals surface area contributed by atoms with Gasteiger partial charge in [-0.05, 0) is 63.1 Å². The zero-order chi connectivity index (χ0) is 18.7. The molecule has 1 aromatic rings.